The predicted molar refractivity (Wildman–Crippen MR) is 60.1 cm³/mol. The third kappa shape index (κ3) is 2.77. The van der Waals surface area contributed by atoms with E-state index in [9.17, 15) is 14.9 Å². The average Bonchev–Trinajstić information content (AvgIpc) is 2.20. The van der Waals surface area contributed by atoms with Crippen molar-refractivity contribution in [1.29, 1.82) is 0 Å². The summed E-state index contributed by atoms with van der Waals surface area (Å²) in [6.45, 7) is 3.17. The largest absolute Gasteiger partial charge is 0.324 e. The standard InChI is InChI=1S/C10H13N3O3/c1-6-3-4-8(5-9(6)13(15)16)12-10(14)7(2)11/h3-5,7H,11H2,1-2H3,(H,12,14)/t7-/m1/s1. The van der Waals surface area contributed by atoms with Crippen LogP contribution in [0.4, 0.5) is 11.4 Å². The summed E-state index contributed by atoms with van der Waals surface area (Å²) in [5.74, 6) is -0.377. The highest BCUT2D eigenvalue weighted by Gasteiger charge is 2.13. The summed E-state index contributed by atoms with van der Waals surface area (Å²) in [5.41, 5.74) is 6.26. The Hall–Kier alpha value is -1.95. The first-order chi connectivity index (χ1) is 7.41. The van der Waals surface area contributed by atoms with Gasteiger partial charge in [0.1, 0.15) is 0 Å². The lowest BCUT2D eigenvalue weighted by molar-refractivity contribution is -0.385. The molecule has 0 saturated heterocycles. The molecule has 0 fully saturated rings. The molecule has 16 heavy (non-hydrogen) atoms. The van der Waals surface area contributed by atoms with E-state index in [1.807, 2.05) is 0 Å². The molecular weight excluding hydrogens is 210 g/mol. The van der Waals surface area contributed by atoms with Crippen LogP contribution in [0, 0.1) is 17.0 Å². The number of carbonyl (C=O) groups excluding carboxylic acids is 1. The number of rotatable bonds is 3. The molecule has 0 aliphatic heterocycles. The molecule has 1 aromatic carbocycles. The van der Waals surface area contributed by atoms with Crippen molar-refractivity contribution in [2.45, 2.75) is 19.9 Å². The molecule has 1 atom stereocenters. The summed E-state index contributed by atoms with van der Waals surface area (Å²) in [6.07, 6.45) is 0. The van der Waals surface area contributed by atoms with Crippen molar-refractivity contribution in [3.63, 3.8) is 0 Å². The van der Waals surface area contributed by atoms with E-state index in [-0.39, 0.29) is 11.6 Å². The molecule has 0 heterocycles. The Morgan fingerprint density at radius 2 is 2.19 bits per heavy atom. The van der Waals surface area contributed by atoms with Crippen LogP contribution in [0.25, 0.3) is 0 Å². The van der Waals surface area contributed by atoms with Gasteiger partial charge in [0.15, 0.2) is 0 Å². The molecule has 0 saturated carbocycles. The molecule has 0 aliphatic rings. The van der Waals surface area contributed by atoms with Crippen LogP contribution < -0.4 is 11.1 Å². The number of nitrogens with one attached hydrogen (secondary N) is 1. The van der Waals surface area contributed by atoms with E-state index in [2.05, 4.69) is 5.32 Å². The number of nitro groups is 1. The molecule has 1 amide bonds. The van der Waals surface area contributed by atoms with E-state index >= 15 is 0 Å². The highest BCUT2D eigenvalue weighted by atomic mass is 16.6. The Morgan fingerprint density at radius 1 is 1.56 bits per heavy atom. The van der Waals surface area contributed by atoms with Gasteiger partial charge >= 0.3 is 0 Å². The molecule has 1 rings (SSSR count). The quantitative estimate of drug-likeness (QED) is 0.593. The van der Waals surface area contributed by atoms with Gasteiger partial charge in [-0.05, 0) is 19.9 Å². The fraction of sp³-hybridized carbons (Fsp3) is 0.300. The number of hydrogen-bond donors (Lipinski definition) is 2. The van der Waals surface area contributed by atoms with Crippen molar-refractivity contribution in [2.75, 3.05) is 5.32 Å². The van der Waals surface area contributed by atoms with Crippen molar-refractivity contribution in [3.8, 4) is 0 Å². The minimum atomic E-state index is -0.652. The number of anilines is 1. The lowest BCUT2D eigenvalue weighted by Crippen LogP contribution is -2.32. The van der Waals surface area contributed by atoms with Gasteiger partial charge in [-0.2, -0.15) is 0 Å². The zero-order valence-electron chi connectivity index (χ0n) is 9.06. The van der Waals surface area contributed by atoms with Crippen LogP contribution in [-0.4, -0.2) is 16.9 Å². The summed E-state index contributed by atoms with van der Waals surface area (Å²) in [4.78, 5) is 21.4. The predicted octanol–water partition coefficient (Wildman–Crippen LogP) is 1.19. The zero-order chi connectivity index (χ0) is 12.3. The minimum Gasteiger partial charge on any atom is -0.324 e. The molecular formula is C10H13N3O3. The molecule has 0 aliphatic carbocycles. The number of amides is 1. The topological polar surface area (TPSA) is 98.3 Å². The number of aryl methyl sites for hydroxylation is 1. The van der Waals surface area contributed by atoms with E-state index in [1.54, 1.807) is 19.1 Å². The summed E-state index contributed by atoms with van der Waals surface area (Å²) in [5, 5.41) is 13.2. The van der Waals surface area contributed by atoms with Crippen LogP contribution in [0.1, 0.15) is 12.5 Å². The fourth-order valence-electron chi connectivity index (χ4n) is 1.14. The van der Waals surface area contributed by atoms with Gasteiger partial charge in [0.2, 0.25) is 5.91 Å². The maximum absolute atomic E-state index is 11.3. The lowest BCUT2D eigenvalue weighted by Gasteiger charge is -2.07. The third-order valence-corrected chi connectivity index (χ3v) is 2.09. The summed E-state index contributed by atoms with van der Waals surface area (Å²) >= 11 is 0. The molecule has 6 nitrogen and oxygen atoms in total. The number of benzene rings is 1. The normalized spacial score (nSPS) is 11.9. The molecule has 1 aromatic rings. The first-order valence-electron chi connectivity index (χ1n) is 4.73. The number of nitrogens with two attached hydrogens (primary N) is 1. The molecule has 3 N–H and O–H groups in total. The molecule has 0 spiro atoms. The molecule has 0 unspecified atom stereocenters. The molecule has 0 aromatic heterocycles. The van der Waals surface area contributed by atoms with Gasteiger partial charge in [-0.25, -0.2) is 0 Å². The van der Waals surface area contributed by atoms with Gasteiger partial charge in [0, 0.05) is 17.3 Å². The van der Waals surface area contributed by atoms with Crippen LogP contribution >= 0.6 is 0 Å². The van der Waals surface area contributed by atoms with Crippen LogP contribution in [-0.2, 0) is 4.79 Å². The van der Waals surface area contributed by atoms with Crippen LogP contribution in [0.5, 0.6) is 0 Å². The summed E-state index contributed by atoms with van der Waals surface area (Å²) < 4.78 is 0. The molecule has 0 radical (unpaired) electrons. The number of carbonyl (C=O) groups is 1. The van der Waals surface area contributed by atoms with E-state index < -0.39 is 11.0 Å². The monoisotopic (exact) mass is 223 g/mol. The van der Waals surface area contributed by atoms with Crippen molar-refractivity contribution in [3.05, 3.63) is 33.9 Å². The van der Waals surface area contributed by atoms with Gasteiger partial charge < -0.3 is 11.1 Å². The molecule has 0 bridgehead atoms. The van der Waals surface area contributed by atoms with Gasteiger partial charge in [-0.1, -0.05) is 6.07 Å². The second kappa shape index (κ2) is 4.71. The molecule has 86 valence electrons. The Balaban J connectivity index is 2.95. The van der Waals surface area contributed by atoms with Crippen LogP contribution in [0.15, 0.2) is 18.2 Å². The maximum Gasteiger partial charge on any atom is 0.274 e. The van der Waals surface area contributed by atoms with Crippen molar-refractivity contribution < 1.29 is 9.72 Å². The minimum absolute atomic E-state index is 0.0255. The van der Waals surface area contributed by atoms with Crippen molar-refractivity contribution >= 4 is 17.3 Å². The number of nitro benzene ring substituents is 1. The SMILES string of the molecule is Cc1ccc(NC(=O)[C@@H](C)N)cc1[N+](=O)[O-]. The Morgan fingerprint density at radius 3 is 2.69 bits per heavy atom. The maximum atomic E-state index is 11.3. The van der Waals surface area contributed by atoms with Gasteiger partial charge in [-0.15, -0.1) is 0 Å². The zero-order valence-corrected chi connectivity index (χ0v) is 9.06. The first-order valence-corrected chi connectivity index (χ1v) is 4.73. The van der Waals surface area contributed by atoms with E-state index in [0.29, 0.717) is 11.3 Å². The highest BCUT2D eigenvalue weighted by Crippen LogP contribution is 2.22. The second-order valence-electron chi connectivity index (χ2n) is 3.54. The highest BCUT2D eigenvalue weighted by molar-refractivity contribution is 5.94. The fourth-order valence-corrected chi connectivity index (χ4v) is 1.14. The smallest absolute Gasteiger partial charge is 0.274 e. The summed E-state index contributed by atoms with van der Waals surface area (Å²) in [7, 11) is 0. The van der Waals surface area contributed by atoms with E-state index in [4.69, 9.17) is 5.73 Å². The number of hydrogen-bond acceptors (Lipinski definition) is 4. The van der Waals surface area contributed by atoms with Gasteiger partial charge in [0.25, 0.3) is 5.69 Å². The molecule has 6 heteroatoms. The van der Waals surface area contributed by atoms with Crippen LogP contribution in [0.2, 0.25) is 0 Å². The Bertz CT molecular complexity index is 429. The lowest BCUT2D eigenvalue weighted by atomic mass is 10.2. The second-order valence-corrected chi connectivity index (χ2v) is 3.54. The van der Waals surface area contributed by atoms with E-state index in [1.165, 1.54) is 13.0 Å². The average molecular weight is 223 g/mol. The number of nitrogens with zero attached hydrogens (tertiary/aromatic N) is 1. The van der Waals surface area contributed by atoms with Gasteiger partial charge in [-0.3, -0.25) is 14.9 Å². The first kappa shape index (κ1) is 12.1. The third-order valence-electron chi connectivity index (χ3n) is 2.09. The Labute approximate surface area is 92.6 Å². The van der Waals surface area contributed by atoms with Crippen molar-refractivity contribution in [1.82, 2.24) is 0 Å². The van der Waals surface area contributed by atoms with Crippen molar-refractivity contribution in [2.24, 2.45) is 5.73 Å². The van der Waals surface area contributed by atoms with Crippen LogP contribution in [0.3, 0.4) is 0 Å². The summed E-state index contributed by atoms with van der Waals surface area (Å²) in [6, 6.07) is 3.84. The Kier molecular flexibility index (Phi) is 3.57. The van der Waals surface area contributed by atoms with Gasteiger partial charge in [0.05, 0.1) is 11.0 Å². The van der Waals surface area contributed by atoms with E-state index in [0.717, 1.165) is 0 Å².